The standard InChI is InChI=1S/C10H11N2O/c1-13-7-6-12-10-5-3-2-4-9(10)8-11-12/h2,4-5,8H,6-7H2,1H3. The van der Waals surface area contributed by atoms with Crippen LogP contribution in [0, 0.1) is 6.07 Å². The van der Waals surface area contributed by atoms with E-state index >= 15 is 0 Å². The van der Waals surface area contributed by atoms with Crippen molar-refractivity contribution in [1.82, 2.24) is 9.78 Å². The molecule has 0 saturated carbocycles. The second-order valence-electron chi connectivity index (χ2n) is 2.85. The van der Waals surface area contributed by atoms with Gasteiger partial charge in [-0.05, 0) is 12.1 Å². The molecule has 13 heavy (non-hydrogen) atoms. The Hall–Kier alpha value is -1.35. The highest BCUT2D eigenvalue weighted by molar-refractivity contribution is 5.78. The molecule has 67 valence electrons. The van der Waals surface area contributed by atoms with Crippen molar-refractivity contribution in [2.45, 2.75) is 6.54 Å². The van der Waals surface area contributed by atoms with E-state index in [1.807, 2.05) is 29.1 Å². The van der Waals surface area contributed by atoms with Crippen LogP contribution in [0.4, 0.5) is 0 Å². The van der Waals surface area contributed by atoms with E-state index in [-0.39, 0.29) is 0 Å². The fraction of sp³-hybridized carbons (Fsp3) is 0.300. The van der Waals surface area contributed by atoms with E-state index in [2.05, 4.69) is 11.2 Å². The molecule has 3 nitrogen and oxygen atoms in total. The van der Waals surface area contributed by atoms with Gasteiger partial charge in [0.25, 0.3) is 0 Å². The zero-order chi connectivity index (χ0) is 9.10. The summed E-state index contributed by atoms with van der Waals surface area (Å²) < 4.78 is 6.92. The predicted molar refractivity (Wildman–Crippen MR) is 50.4 cm³/mol. The van der Waals surface area contributed by atoms with E-state index in [9.17, 15) is 0 Å². The van der Waals surface area contributed by atoms with Gasteiger partial charge in [-0.3, -0.25) is 4.68 Å². The zero-order valence-electron chi connectivity index (χ0n) is 7.53. The molecular formula is C10H11N2O. The minimum atomic E-state index is 0.686. The quantitative estimate of drug-likeness (QED) is 0.706. The fourth-order valence-electron chi connectivity index (χ4n) is 1.32. The molecule has 0 atom stereocenters. The maximum absolute atomic E-state index is 4.99. The van der Waals surface area contributed by atoms with Crippen molar-refractivity contribution >= 4 is 10.9 Å². The molecule has 0 N–H and O–H groups in total. The summed E-state index contributed by atoms with van der Waals surface area (Å²) in [6.07, 6.45) is 1.86. The lowest BCUT2D eigenvalue weighted by atomic mass is 10.3. The van der Waals surface area contributed by atoms with Crippen molar-refractivity contribution in [3.05, 3.63) is 30.5 Å². The highest BCUT2D eigenvalue weighted by atomic mass is 16.5. The molecule has 0 unspecified atom stereocenters. The SMILES string of the molecule is COCCn1ncc2cc[c]cc21. The zero-order valence-corrected chi connectivity index (χ0v) is 7.53. The van der Waals surface area contributed by atoms with Crippen molar-refractivity contribution in [3.63, 3.8) is 0 Å². The molecule has 2 aromatic rings. The molecule has 0 fully saturated rings. The smallest absolute Gasteiger partial charge is 0.0689 e. The minimum Gasteiger partial charge on any atom is -0.383 e. The largest absolute Gasteiger partial charge is 0.383 e. The maximum atomic E-state index is 4.99. The Morgan fingerprint density at radius 2 is 2.54 bits per heavy atom. The molecule has 0 bridgehead atoms. The number of rotatable bonds is 3. The van der Waals surface area contributed by atoms with Gasteiger partial charge in [0.2, 0.25) is 0 Å². The van der Waals surface area contributed by atoms with Crippen LogP contribution in [0.2, 0.25) is 0 Å². The van der Waals surface area contributed by atoms with Crippen molar-refractivity contribution in [3.8, 4) is 0 Å². The number of nitrogens with zero attached hydrogens (tertiary/aromatic N) is 2. The molecule has 0 spiro atoms. The summed E-state index contributed by atoms with van der Waals surface area (Å²) in [7, 11) is 1.69. The van der Waals surface area contributed by atoms with Crippen LogP contribution in [0.3, 0.4) is 0 Å². The Labute approximate surface area is 76.9 Å². The second kappa shape index (κ2) is 3.58. The van der Waals surface area contributed by atoms with Crippen LogP contribution < -0.4 is 0 Å². The molecule has 3 heteroatoms. The van der Waals surface area contributed by atoms with Crippen molar-refractivity contribution in [2.75, 3.05) is 13.7 Å². The first-order valence-electron chi connectivity index (χ1n) is 4.22. The van der Waals surface area contributed by atoms with E-state index < -0.39 is 0 Å². The molecule has 1 heterocycles. The lowest BCUT2D eigenvalue weighted by molar-refractivity contribution is 0.185. The van der Waals surface area contributed by atoms with Crippen LogP contribution >= 0.6 is 0 Å². The molecule has 0 aliphatic carbocycles. The van der Waals surface area contributed by atoms with Gasteiger partial charge in [0.05, 0.1) is 24.9 Å². The molecule has 1 radical (unpaired) electrons. The molecule has 1 aromatic carbocycles. The molecule has 0 amide bonds. The fourth-order valence-corrected chi connectivity index (χ4v) is 1.32. The molecule has 2 rings (SSSR count). The normalized spacial score (nSPS) is 10.8. The van der Waals surface area contributed by atoms with Gasteiger partial charge < -0.3 is 4.74 Å². The molecular weight excluding hydrogens is 164 g/mol. The lowest BCUT2D eigenvalue weighted by Gasteiger charge is -2.01. The highest BCUT2D eigenvalue weighted by Gasteiger charge is 1.99. The maximum Gasteiger partial charge on any atom is 0.0689 e. The van der Waals surface area contributed by atoms with Crippen LogP contribution in [-0.4, -0.2) is 23.5 Å². The van der Waals surface area contributed by atoms with E-state index in [1.54, 1.807) is 7.11 Å². The third kappa shape index (κ3) is 1.55. The Bertz CT molecular complexity index is 394. The van der Waals surface area contributed by atoms with E-state index in [4.69, 9.17) is 4.74 Å². The number of hydrogen-bond acceptors (Lipinski definition) is 2. The van der Waals surface area contributed by atoms with Gasteiger partial charge in [-0.15, -0.1) is 0 Å². The van der Waals surface area contributed by atoms with Crippen LogP contribution in [0.1, 0.15) is 0 Å². The Kier molecular flexibility index (Phi) is 2.27. The summed E-state index contributed by atoms with van der Waals surface area (Å²) in [6.45, 7) is 1.48. The summed E-state index contributed by atoms with van der Waals surface area (Å²) in [5, 5.41) is 5.40. The topological polar surface area (TPSA) is 27.1 Å². The minimum absolute atomic E-state index is 0.686. The van der Waals surface area contributed by atoms with Gasteiger partial charge in [-0.25, -0.2) is 0 Å². The Balaban J connectivity index is 2.35. The average Bonchev–Trinajstić information content (AvgIpc) is 2.58. The molecule has 0 saturated heterocycles. The van der Waals surface area contributed by atoms with E-state index in [1.165, 1.54) is 0 Å². The second-order valence-corrected chi connectivity index (χ2v) is 2.85. The summed E-state index contributed by atoms with van der Waals surface area (Å²) in [6, 6.07) is 8.88. The summed E-state index contributed by atoms with van der Waals surface area (Å²) >= 11 is 0. The number of benzene rings is 1. The van der Waals surface area contributed by atoms with E-state index in [0.717, 1.165) is 17.4 Å². The van der Waals surface area contributed by atoms with Crippen molar-refractivity contribution < 1.29 is 4.74 Å². The van der Waals surface area contributed by atoms with Crippen LogP contribution in [-0.2, 0) is 11.3 Å². The number of ether oxygens (including phenoxy) is 1. The summed E-state index contributed by atoms with van der Waals surface area (Å²) in [5.41, 5.74) is 1.11. The van der Waals surface area contributed by atoms with Gasteiger partial charge in [-0.1, -0.05) is 12.1 Å². The van der Waals surface area contributed by atoms with Gasteiger partial charge in [0.15, 0.2) is 0 Å². The predicted octanol–water partition coefficient (Wildman–Crippen LogP) is 1.48. The summed E-state index contributed by atoms with van der Waals surface area (Å²) in [5.74, 6) is 0. The average molecular weight is 175 g/mol. The van der Waals surface area contributed by atoms with Gasteiger partial charge in [-0.2, -0.15) is 5.10 Å². The van der Waals surface area contributed by atoms with Crippen LogP contribution in [0.5, 0.6) is 0 Å². The van der Waals surface area contributed by atoms with Gasteiger partial charge >= 0.3 is 0 Å². The molecule has 1 aromatic heterocycles. The third-order valence-electron chi connectivity index (χ3n) is 2.00. The number of fused-ring (bicyclic) bond motifs is 1. The van der Waals surface area contributed by atoms with Crippen LogP contribution in [0.15, 0.2) is 24.4 Å². The first-order chi connectivity index (χ1) is 6.42. The number of aromatic nitrogens is 2. The first kappa shape index (κ1) is 8.26. The van der Waals surface area contributed by atoms with Gasteiger partial charge in [0.1, 0.15) is 0 Å². The summed E-state index contributed by atoms with van der Waals surface area (Å²) in [4.78, 5) is 0. The monoisotopic (exact) mass is 175 g/mol. The van der Waals surface area contributed by atoms with Gasteiger partial charge in [0, 0.05) is 12.5 Å². The number of methoxy groups -OCH3 is 1. The Morgan fingerprint density at radius 1 is 1.62 bits per heavy atom. The van der Waals surface area contributed by atoms with Crippen LogP contribution in [0.25, 0.3) is 10.9 Å². The number of hydrogen-bond donors (Lipinski definition) is 0. The highest BCUT2D eigenvalue weighted by Crippen LogP contribution is 2.11. The first-order valence-corrected chi connectivity index (χ1v) is 4.22. The third-order valence-corrected chi connectivity index (χ3v) is 2.00. The Morgan fingerprint density at radius 3 is 3.38 bits per heavy atom. The molecule has 0 aliphatic rings. The van der Waals surface area contributed by atoms with E-state index in [0.29, 0.717) is 6.61 Å². The van der Waals surface area contributed by atoms with Crippen molar-refractivity contribution in [1.29, 1.82) is 0 Å². The molecule has 0 aliphatic heterocycles. The van der Waals surface area contributed by atoms with Crippen molar-refractivity contribution in [2.24, 2.45) is 0 Å². The lowest BCUT2D eigenvalue weighted by Crippen LogP contribution is -2.05.